The summed E-state index contributed by atoms with van der Waals surface area (Å²) in [6.45, 7) is 6.62. The molecule has 0 amide bonds. The molecule has 1 fully saturated rings. The monoisotopic (exact) mass is 493 g/mol. The van der Waals surface area contributed by atoms with Crippen LogP contribution in [0, 0.1) is 5.92 Å². The molecule has 2 N–H and O–H groups in total. The van der Waals surface area contributed by atoms with E-state index in [1.54, 1.807) is 25.6 Å². The lowest BCUT2D eigenvalue weighted by Crippen LogP contribution is -2.44. The summed E-state index contributed by atoms with van der Waals surface area (Å²) in [5.41, 5.74) is 6.34. The highest BCUT2D eigenvalue weighted by atomic mass is 32.1. The van der Waals surface area contributed by atoms with Crippen LogP contribution in [-0.2, 0) is 11.2 Å². The fourth-order valence-corrected chi connectivity index (χ4v) is 7.52. The van der Waals surface area contributed by atoms with Crippen LogP contribution in [-0.4, -0.2) is 58.1 Å². The highest BCUT2D eigenvalue weighted by molar-refractivity contribution is 7.08. The molecule has 4 aliphatic rings. The number of benzene rings is 1. The van der Waals surface area contributed by atoms with Gasteiger partial charge in [0.1, 0.15) is 10.4 Å². The normalized spacial score (nSPS) is 24.3. The fraction of sp³-hybridized carbons (Fsp3) is 0.519. The molecule has 1 unspecified atom stereocenters. The molecule has 1 aromatic carbocycles. The Labute approximate surface area is 211 Å². The molecule has 1 saturated heterocycles. The maximum absolute atomic E-state index is 5.71. The van der Waals surface area contributed by atoms with E-state index in [-0.39, 0.29) is 0 Å². The zero-order chi connectivity index (χ0) is 23.9. The van der Waals surface area contributed by atoms with E-state index in [0.29, 0.717) is 18.6 Å². The average Bonchev–Trinajstić information content (AvgIpc) is 3.46. The summed E-state index contributed by atoms with van der Waals surface area (Å²) in [5.74, 6) is 2.36. The second-order valence-electron chi connectivity index (χ2n) is 10.0. The molecule has 3 aliphatic heterocycles. The minimum atomic E-state index is 0.494. The van der Waals surface area contributed by atoms with Gasteiger partial charge in [0.15, 0.2) is 0 Å². The van der Waals surface area contributed by atoms with Gasteiger partial charge in [0.2, 0.25) is 0 Å². The Kier molecular flexibility index (Phi) is 6.20. The molecule has 35 heavy (non-hydrogen) atoms. The number of anilines is 2. The summed E-state index contributed by atoms with van der Waals surface area (Å²) in [4.78, 5) is 9.70. The van der Waals surface area contributed by atoms with Crippen molar-refractivity contribution in [2.24, 2.45) is 10.9 Å². The second kappa shape index (κ2) is 9.48. The van der Waals surface area contributed by atoms with Crippen molar-refractivity contribution >= 4 is 28.9 Å². The minimum absolute atomic E-state index is 0.494. The maximum Gasteiger partial charge on any atom is 0.142 e. The van der Waals surface area contributed by atoms with Gasteiger partial charge in [-0.15, -0.1) is 11.3 Å². The van der Waals surface area contributed by atoms with Gasteiger partial charge in [-0.3, -0.25) is 0 Å². The molecule has 1 aliphatic carbocycles. The van der Waals surface area contributed by atoms with Gasteiger partial charge in [-0.25, -0.2) is 4.99 Å². The summed E-state index contributed by atoms with van der Waals surface area (Å²) in [6, 6.07) is 7.11. The molecule has 186 valence electrons. The van der Waals surface area contributed by atoms with Crippen LogP contribution in [0.5, 0.6) is 5.75 Å². The zero-order valence-electron chi connectivity index (χ0n) is 20.8. The molecule has 0 bridgehead atoms. The van der Waals surface area contributed by atoms with E-state index in [9.17, 15) is 0 Å². The Morgan fingerprint density at radius 2 is 2.14 bits per heavy atom. The van der Waals surface area contributed by atoms with E-state index >= 15 is 0 Å². The van der Waals surface area contributed by atoms with Crippen LogP contribution >= 0.6 is 11.3 Å². The van der Waals surface area contributed by atoms with Crippen LogP contribution in [0.25, 0.3) is 6.20 Å². The zero-order valence-corrected chi connectivity index (χ0v) is 21.7. The van der Waals surface area contributed by atoms with Gasteiger partial charge in [0.05, 0.1) is 42.0 Å². The molecule has 7 nitrogen and oxygen atoms in total. The number of hydrogen-bond donors (Lipinski definition) is 2. The van der Waals surface area contributed by atoms with Crippen molar-refractivity contribution in [3.8, 4) is 5.75 Å². The van der Waals surface area contributed by atoms with Crippen molar-refractivity contribution in [1.82, 2.24) is 10.2 Å². The Bertz CT molecular complexity index is 1250. The van der Waals surface area contributed by atoms with Crippen molar-refractivity contribution in [1.29, 1.82) is 0 Å². The van der Waals surface area contributed by atoms with Gasteiger partial charge in [0, 0.05) is 44.6 Å². The number of allylic oxidation sites excluding steroid dienone is 1. The quantitative estimate of drug-likeness (QED) is 0.619. The smallest absolute Gasteiger partial charge is 0.142 e. The number of hydrogen-bond acceptors (Lipinski definition) is 8. The first-order chi connectivity index (χ1) is 17.2. The van der Waals surface area contributed by atoms with Gasteiger partial charge < -0.3 is 29.9 Å². The van der Waals surface area contributed by atoms with Gasteiger partial charge in [-0.1, -0.05) is 12.1 Å². The molecule has 1 aromatic heterocycles. The van der Waals surface area contributed by atoms with Crippen LogP contribution in [0.15, 0.2) is 35.1 Å². The number of thiophene rings is 1. The molecule has 2 aromatic rings. The Balaban J connectivity index is 1.24. The van der Waals surface area contributed by atoms with E-state index in [4.69, 9.17) is 14.5 Å². The van der Waals surface area contributed by atoms with Crippen molar-refractivity contribution in [2.45, 2.75) is 38.1 Å². The summed E-state index contributed by atoms with van der Waals surface area (Å²) in [5, 5.41) is 7.36. The number of fused-ring (bicyclic) bond motifs is 6. The third-order valence-electron chi connectivity index (χ3n) is 7.95. The third kappa shape index (κ3) is 4.11. The van der Waals surface area contributed by atoms with E-state index in [1.807, 2.05) is 13.1 Å². The molecular weight excluding hydrogens is 458 g/mol. The highest BCUT2D eigenvalue weighted by Gasteiger charge is 2.41. The van der Waals surface area contributed by atoms with Crippen LogP contribution in [0.2, 0.25) is 0 Å². The summed E-state index contributed by atoms with van der Waals surface area (Å²) >= 11 is 1.77. The summed E-state index contributed by atoms with van der Waals surface area (Å²) in [6.07, 6.45) is 7.84. The second-order valence-corrected chi connectivity index (χ2v) is 11.1. The van der Waals surface area contributed by atoms with Crippen LogP contribution in [0.4, 0.5) is 11.4 Å². The highest BCUT2D eigenvalue weighted by Crippen LogP contribution is 2.45. The number of ether oxygens (including phenoxy) is 2. The van der Waals surface area contributed by atoms with E-state index in [2.05, 4.69) is 44.8 Å². The van der Waals surface area contributed by atoms with Gasteiger partial charge in [-0.2, -0.15) is 0 Å². The van der Waals surface area contributed by atoms with Gasteiger partial charge in [0.25, 0.3) is 0 Å². The van der Waals surface area contributed by atoms with Crippen molar-refractivity contribution in [3.05, 3.63) is 50.4 Å². The molecule has 6 rings (SSSR count). The molecular formula is C27H35N5O2S. The number of rotatable bonds is 7. The van der Waals surface area contributed by atoms with Crippen LogP contribution in [0.1, 0.15) is 36.8 Å². The van der Waals surface area contributed by atoms with E-state index < -0.39 is 0 Å². The van der Waals surface area contributed by atoms with Crippen molar-refractivity contribution in [2.75, 3.05) is 57.3 Å². The molecule has 0 spiro atoms. The molecule has 3 atom stereocenters. The molecule has 0 radical (unpaired) electrons. The Hall–Kier alpha value is -2.55. The predicted octanol–water partition coefficient (Wildman–Crippen LogP) is 2.84. The van der Waals surface area contributed by atoms with Crippen molar-refractivity contribution in [3.63, 3.8) is 0 Å². The summed E-state index contributed by atoms with van der Waals surface area (Å²) < 4.78 is 13.5. The first kappa shape index (κ1) is 22.9. The van der Waals surface area contributed by atoms with Crippen LogP contribution < -0.4 is 29.5 Å². The Morgan fingerprint density at radius 3 is 3.00 bits per heavy atom. The van der Waals surface area contributed by atoms with Gasteiger partial charge >= 0.3 is 0 Å². The first-order valence-electron chi connectivity index (χ1n) is 12.7. The lowest BCUT2D eigenvalue weighted by Gasteiger charge is -2.36. The van der Waals surface area contributed by atoms with Crippen LogP contribution in [0.3, 0.4) is 0 Å². The molecule has 0 saturated carbocycles. The lowest BCUT2D eigenvalue weighted by atomic mass is 9.73. The van der Waals surface area contributed by atoms with E-state index in [0.717, 1.165) is 66.9 Å². The maximum atomic E-state index is 5.71. The Morgan fingerprint density at radius 1 is 1.23 bits per heavy atom. The number of nitrogens with one attached hydrogen (secondary N) is 2. The van der Waals surface area contributed by atoms with Crippen molar-refractivity contribution < 1.29 is 9.47 Å². The van der Waals surface area contributed by atoms with Gasteiger partial charge in [-0.05, 0) is 55.8 Å². The third-order valence-corrected chi connectivity index (χ3v) is 8.96. The topological polar surface area (TPSA) is 61.4 Å². The number of methoxy groups -OCH3 is 2. The minimum Gasteiger partial charge on any atom is -0.496 e. The largest absolute Gasteiger partial charge is 0.496 e. The average molecular weight is 494 g/mol. The van der Waals surface area contributed by atoms with E-state index in [1.165, 1.54) is 27.8 Å². The standard InChI is InChI=1S/C27H35N5O2S/c1-17-13-29-25-26-23(35-27(25)30-17)15-31(16-32(26)11-12-33-2)10-9-21-24-18(14-28-21)7-8-19-20(24)5-4-6-22(19)34-3/h4-6,13,15,18,21,24,28-29H,7-12,14,16H2,1-3H3/t18-,21?,24+/m0/s1. The summed E-state index contributed by atoms with van der Waals surface area (Å²) in [7, 11) is 3.57. The number of nitrogens with zero attached hydrogens (tertiary/aromatic N) is 3. The lowest BCUT2D eigenvalue weighted by molar-refractivity contribution is 0.201. The molecule has 4 heterocycles. The fourth-order valence-electron chi connectivity index (χ4n) is 6.33. The molecule has 8 heteroatoms. The first-order valence-corrected chi connectivity index (χ1v) is 13.5. The predicted molar refractivity (Wildman–Crippen MR) is 142 cm³/mol. The SMILES string of the molecule is COCCN1CN(CCC2NC[C@@H]3CCc4c(OC)cccc4[C@H]23)C=c2sc3c(c21)NC=C(C)N=3.